The van der Waals surface area contributed by atoms with Crippen LogP contribution in [-0.2, 0) is 6.54 Å². The zero-order chi connectivity index (χ0) is 12.3. The van der Waals surface area contributed by atoms with E-state index in [9.17, 15) is 4.79 Å². The van der Waals surface area contributed by atoms with Crippen LogP contribution in [0.15, 0.2) is 24.3 Å². The number of hydrogen-bond donors (Lipinski definition) is 0. The SMILES string of the molecule is CN(Cc1ccccc1I)C(=O)N1CCCC1. The predicted molar refractivity (Wildman–Crippen MR) is 76.8 cm³/mol. The van der Waals surface area contributed by atoms with Gasteiger partial charge in [0.15, 0.2) is 0 Å². The molecular weight excluding hydrogens is 327 g/mol. The summed E-state index contributed by atoms with van der Waals surface area (Å²) in [5.41, 5.74) is 1.21. The van der Waals surface area contributed by atoms with E-state index in [1.54, 1.807) is 0 Å². The monoisotopic (exact) mass is 344 g/mol. The Hall–Kier alpha value is -0.780. The van der Waals surface area contributed by atoms with E-state index in [0.717, 1.165) is 25.9 Å². The summed E-state index contributed by atoms with van der Waals surface area (Å²) in [6.07, 6.45) is 2.28. The van der Waals surface area contributed by atoms with Crippen molar-refractivity contribution >= 4 is 28.6 Å². The van der Waals surface area contributed by atoms with E-state index in [4.69, 9.17) is 0 Å². The van der Waals surface area contributed by atoms with Crippen LogP contribution in [0.1, 0.15) is 18.4 Å². The van der Waals surface area contributed by atoms with Crippen molar-refractivity contribution in [2.45, 2.75) is 19.4 Å². The Morgan fingerprint density at radius 3 is 2.65 bits per heavy atom. The van der Waals surface area contributed by atoms with Crippen LogP contribution in [0.25, 0.3) is 0 Å². The van der Waals surface area contributed by atoms with Crippen LogP contribution >= 0.6 is 22.6 Å². The molecule has 0 radical (unpaired) electrons. The minimum Gasteiger partial charge on any atom is -0.325 e. The van der Waals surface area contributed by atoms with Crippen LogP contribution in [0.5, 0.6) is 0 Å². The molecule has 2 amide bonds. The highest BCUT2D eigenvalue weighted by Gasteiger charge is 2.21. The maximum absolute atomic E-state index is 12.1. The maximum Gasteiger partial charge on any atom is 0.320 e. The number of benzene rings is 1. The van der Waals surface area contributed by atoms with Gasteiger partial charge in [-0.05, 0) is 47.1 Å². The molecule has 0 aliphatic carbocycles. The Balaban J connectivity index is 1.99. The Morgan fingerprint density at radius 2 is 2.00 bits per heavy atom. The van der Waals surface area contributed by atoms with E-state index in [1.165, 1.54) is 9.13 Å². The molecule has 1 saturated heterocycles. The molecule has 0 N–H and O–H groups in total. The lowest BCUT2D eigenvalue weighted by Crippen LogP contribution is -2.39. The lowest BCUT2D eigenvalue weighted by molar-refractivity contribution is 0.171. The fourth-order valence-electron chi connectivity index (χ4n) is 2.10. The van der Waals surface area contributed by atoms with Crippen LogP contribution in [0, 0.1) is 3.57 Å². The van der Waals surface area contributed by atoms with Gasteiger partial charge in [0.1, 0.15) is 0 Å². The molecule has 0 atom stereocenters. The largest absolute Gasteiger partial charge is 0.325 e. The second-order valence-electron chi connectivity index (χ2n) is 4.42. The lowest BCUT2D eigenvalue weighted by Gasteiger charge is -2.24. The Labute approximate surface area is 116 Å². The first-order valence-electron chi connectivity index (χ1n) is 5.92. The van der Waals surface area contributed by atoms with Gasteiger partial charge in [-0.25, -0.2) is 4.79 Å². The third kappa shape index (κ3) is 3.12. The number of likely N-dealkylation sites (tertiary alicyclic amines) is 1. The van der Waals surface area contributed by atoms with Crippen LogP contribution in [0.3, 0.4) is 0 Å². The van der Waals surface area contributed by atoms with Crippen molar-refractivity contribution in [3.05, 3.63) is 33.4 Å². The molecule has 2 rings (SSSR count). The molecule has 1 fully saturated rings. The first kappa shape index (κ1) is 12.7. The molecule has 1 heterocycles. The second kappa shape index (κ2) is 5.71. The number of nitrogens with zero attached hydrogens (tertiary/aromatic N) is 2. The first-order chi connectivity index (χ1) is 8.18. The van der Waals surface area contributed by atoms with Crippen molar-refractivity contribution in [1.29, 1.82) is 0 Å². The van der Waals surface area contributed by atoms with Crippen LogP contribution in [-0.4, -0.2) is 36.0 Å². The molecule has 4 heteroatoms. The van der Waals surface area contributed by atoms with Gasteiger partial charge < -0.3 is 9.80 Å². The van der Waals surface area contributed by atoms with Crippen molar-refractivity contribution in [3.8, 4) is 0 Å². The summed E-state index contributed by atoms with van der Waals surface area (Å²) in [5.74, 6) is 0. The van der Waals surface area contributed by atoms with Gasteiger partial charge in [0.05, 0.1) is 0 Å². The number of halogens is 1. The van der Waals surface area contributed by atoms with Crippen molar-refractivity contribution in [2.75, 3.05) is 20.1 Å². The highest BCUT2D eigenvalue weighted by molar-refractivity contribution is 14.1. The van der Waals surface area contributed by atoms with Crippen LogP contribution < -0.4 is 0 Å². The molecule has 3 nitrogen and oxygen atoms in total. The summed E-state index contributed by atoms with van der Waals surface area (Å²) < 4.78 is 1.21. The van der Waals surface area contributed by atoms with Gasteiger partial charge in [0.2, 0.25) is 0 Å². The molecule has 1 aliphatic rings. The fraction of sp³-hybridized carbons (Fsp3) is 0.462. The van der Waals surface area contributed by atoms with E-state index < -0.39 is 0 Å². The van der Waals surface area contributed by atoms with E-state index in [-0.39, 0.29) is 6.03 Å². The van der Waals surface area contributed by atoms with Gasteiger partial charge in [-0.15, -0.1) is 0 Å². The normalized spacial score (nSPS) is 15.1. The molecule has 0 spiro atoms. The number of urea groups is 1. The molecule has 1 aromatic rings. The van der Waals surface area contributed by atoms with Crippen molar-refractivity contribution in [2.24, 2.45) is 0 Å². The van der Waals surface area contributed by atoms with Crippen molar-refractivity contribution in [3.63, 3.8) is 0 Å². The topological polar surface area (TPSA) is 23.6 Å². The highest BCUT2D eigenvalue weighted by Crippen LogP contribution is 2.15. The summed E-state index contributed by atoms with van der Waals surface area (Å²) in [6.45, 7) is 2.51. The standard InChI is InChI=1S/C13H17IN2O/c1-15(13(17)16-8-4-5-9-16)10-11-6-2-3-7-12(11)14/h2-3,6-7H,4-5,8-10H2,1H3. The van der Waals surface area contributed by atoms with Gasteiger partial charge in [-0.1, -0.05) is 18.2 Å². The fourth-order valence-corrected chi connectivity index (χ4v) is 2.66. The Bertz CT molecular complexity index is 402. The summed E-state index contributed by atoms with van der Waals surface area (Å²) in [7, 11) is 1.88. The summed E-state index contributed by atoms with van der Waals surface area (Å²) in [5, 5.41) is 0. The smallest absolute Gasteiger partial charge is 0.320 e. The minimum absolute atomic E-state index is 0.155. The molecule has 0 unspecified atom stereocenters. The van der Waals surface area contributed by atoms with E-state index in [1.807, 2.05) is 29.0 Å². The molecule has 0 bridgehead atoms. The molecule has 0 saturated carbocycles. The third-order valence-corrected chi connectivity index (χ3v) is 4.12. The highest BCUT2D eigenvalue weighted by atomic mass is 127. The van der Waals surface area contributed by atoms with E-state index in [0.29, 0.717) is 6.54 Å². The summed E-state index contributed by atoms with van der Waals surface area (Å²) in [4.78, 5) is 15.9. The molecule has 92 valence electrons. The number of carbonyl (C=O) groups excluding carboxylic acids is 1. The van der Waals surface area contributed by atoms with Crippen molar-refractivity contribution < 1.29 is 4.79 Å². The van der Waals surface area contributed by atoms with Gasteiger partial charge in [0, 0.05) is 30.3 Å². The Morgan fingerprint density at radius 1 is 1.35 bits per heavy atom. The third-order valence-electron chi connectivity index (χ3n) is 3.07. The Kier molecular flexibility index (Phi) is 4.25. The summed E-state index contributed by atoms with van der Waals surface area (Å²) in [6, 6.07) is 8.35. The minimum atomic E-state index is 0.155. The molecule has 1 aliphatic heterocycles. The zero-order valence-corrected chi connectivity index (χ0v) is 12.2. The quantitative estimate of drug-likeness (QED) is 0.757. The van der Waals surface area contributed by atoms with E-state index in [2.05, 4.69) is 34.7 Å². The molecule has 17 heavy (non-hydrogen) atoms. The van der Waals surface area contributed by atoms with Gasteiger partial charge >= 0.3 is 6.03 Å². The van der Waals surface area contributed by atoms with Gasteiger partial charge in [-0.2, -0.15) is 0 Å². The summed E-state index contributed by atoms with van der Waals surface area (Å²) >= 11 is 2.31. The van der Waals surface area contributed by atoms with Crippen LogP contribution in [0.2, 0.25) is 0 Å². The molecular formula is C13H17IN2O. The second-order valence-corrected chi connectivity index (χ2v) is 5.59. The number of amides is 2. The maximum atomic E-state index is 12.1. The molecule has 0 aromatic heterocycles. The van der Waals surface area contributed by atoms with Crippen molar-refractivity contribution in [1.82, 2.24) is 9.80 Å². The van der Waals surface area contributed by atoms with Crippen LogP contribution in [0.4, 0.5) is 4.79 Å². The lowest BCUT2D eigenvalue weighted by atomic mass is 10.2. The zero-order valence-electron chi connectivity index (χ0n) is 10.0. The van der Waals surface area contributed by atoms with Gasteiger partial charge in [-0.3, -0.25) is 0 Å². The van der Waals surface area contributed by atoms with E-state index >= 15 is 0 Å². The number of rotatable bonds is 2. The first-order valence-corrected chi connectivity index (χ1v) is 7.00. The average molecular weight is 344 g/mol. The van der Waals surface area contributed by atoms with Gasteiger partial charge in [0.25, 0.3) is 0 Å². The number of hydrogen-bond acceptors (Lipinski definition) is 1. The predicted octanol–water partition coefficient (Wildman–Crippen LogP) is 2.94. The molecule has 1 aromatic carbocycles. The number of carbonyl (C=O) groups is 1. The average Bonchev–Trinajstić information content (AvgIpc) is 2.84.